The molecule has 0 spiro atoms. The molecule has 11 heavy (non-hydrogen) atoms. The maximum absolute atomic E-state index is 5.61. The van der Waals surface area contributed by atoms with E-state index in [1.165, 1.54) is 0 Å². The molecule has 1 heterocycles. The Morgan fingerprint density at radius 1 is 1.73 bits per heavy atom. The van der Waals surface area contributed by atoms with Gasteiger partial charge in [-0.3, -0.25) is 0 Å². The lowest BCUT2D eigenvalue weighted by atomic mass is 9.92. The Morgan fingerprint density at radius 3 is 3.00 bits per heavy atom. The summed E-state index contributed by atoms with van der Waals surface area (Å²) < 4.78 is 5.61. The van der Waals surface area contributed by atoms with Crippen LogP contribution in [0.1, 0.15) is 33.1 Å². The molecule has 1 aliphatic rings. The van der Waals surface area contributed by atoms with Crippen molar-refractivity contribution in [2.75, 3.05) is 6.61 Å². The summed E-state index contributed by atoms with van der Waals surface area (Å²) in [7, 11) is 0. The molecule has 64 valence electrons. The molecule has 0 aromatic rings. The van der Waals surface area contributed by atoms with Gasteiger partial charge in [0.1, 0.15) is 0 Å². The molecule has 0 saturated carbocycles. The molecule has 1 fully saturated rings. The van der Waals surface area contributed by atoms with Gasteiger partial charge in [0.15, 0.2) is 0 Å². The molecule has 1 unspecified atom stereocenters. The van der Waals surface area contributed by atoms with Crippen LogP contribution >= 0.6 is 0 Å². The highest BCUT2D eigenvalue weighted by Gasteiger charge is 2.28. The summed E-state index contributed by atoms with van der Waals surface area (Å²) in [6, 6.07) is 0. The van der Waals surface area contributed by atoms with E-state index in [0.29, 0.717) is 0 Å². The number of nitrogens with zero attached hydrogens (tertiary/aromatic N) is 1. The largest absolute Gasteiger partial charge is 0.375 e. The average molecular weight is 156 g/mol. The van der Waals surface area contributed by atoms with E-state index in [1.807, 2.05) is 0 Å². The third kappa shape index (κ3) is 1.93. The number of ether oxygens (including phenoxy) is 1. The standard InChI is InChI=1S/C8H16N2O/c1-3-8(2)6-7(10-9)4-5-11-8/h3-6,9H2,1-2H3/b10-7-. The van der Waals surface area contributed by atoms with Crippen LogP contribution in [0, 0.1) is 0 Å². The Bertz CT molecular complexity index is 167. The Kier molecular flexibility index (Phi) is 2.49. The molecule has 0 radical (unpaired) electrons. The van der Waals surface area contributed by atoms with Crippen molar-refractivity contribution < 1.29 is 4.74 Å². The van der Waals surface area contributed by atoms with Gasteiger partial charge in [0, 0.05) is 18.6 Å². The van der Waals surface area contributed by atoms with E-state index in [2.05, 4.69) is 18.9 Å². The molecule has 1 saturated heterocycles. The van der Waals surface area contributed by atoms with E-state index in [1.54, 1.807) is 0 Å². The van der Waals surface area contributed by atoms with Gasteiger partial charge in [0.05, 0.1) is 12.2 Å². The lowest BCUT2D eigenvalue weighted by Gasteiger charge is -2.33. The highest BCUT2D eigenvalue weighted by Crippen LogP contribution is 2.25. The van der Waals surface area contributed by atoms with E-state index in [9.17, 15) is 0 Å². The van der Waals surface area contributed by atoms with Crippen LogP contribution < -0.4 is 5.84 Å². The van der Waals surface area contributed by atoms with Gasteiger partial charge in [0.25, 0.3) is 0 Å². The minimum atomic E-state index is -0.0174. The van der Waals surface area contributed by atoms with Crippen molar-refractivity contribution >= 4 is 5.71 Å². The van der Waals surface area contributed by atoms with Gasteiger partial charge in [-0.25, -0.2) is 0 Å². The predicted molar refractivity (Wildman–Crippen MR) is 45.5 cm³/mol. The molecule has 3 nitrogen and oxygen atoms in total. The van der Waals surface area contributed by atoms with Crippen LogP contribution in [-0.2, 0) is 4.74 Å². The van der Waals surface area contributed by atoms with Crippen LogP contribution in [-0.4, -0.2) is 17.9 Å². The van der Waals surface area contributed by atoms with Crippen LogP contribution in [0.4, 0.5) is 0 Å². The van der Waals surface area contributed by atoms with Gasteiger partial charge in [0.2, 0.25) is 0 Å². The molecule has 1 rings (SSSR count). The second-order valence-corrected chi connectivity index (χ2v) is 3.27. The van der Waals surface area contributed by atoms with Crippen LogP contribution in [0.15, 0.2) is 5.10 Å². The topological polar surface area (TPSA) is 47.6 Å². The molecule has 0 bridgehead atoms. The van der Waals surface area contributed by atoms with Crippen molar-refractivity contribution in [3.63, 3.8) is 0 Å². The summed E-state index contributed by atoms with van der Waals surface area (Å²) in [6.07, 6.45) is 2.80. The van der Waals surface area contributed by atoms with Gasteiger partial charge in [-0.15, -0.1) is 0 Å². The van der Waals surface area contributed by atoms with E-state index in [-0.39, 0.29) is 5.60 Å². The summed E-state index contributed by atoms with van der Waals surface area (Å²) >= 11 is 0. The Labute approximate surface area is 67.6 Å². The molecule has 0 aromatic heterocycles. The van der Waals surface area contributed by atoms with E-state index >= 15 is 0 Å². The minimum Gasteiger partial charge on any atom is -0.375 e. The third-order valence-electron chi connectivity index (χ3n) is 2.35. The average Bonchev–Trinajstić information content (AvgIpc) is 2.05. The fraction of sp³-hybridized carbons (Fsp3) is 0.875. The van der Waals surface area contributed by atoms with E-state index in [0.717, 1.165) is 31.6 Å². The van der Waals surface area contributed by atoms with Crippen molar-refractivity contribution in [3.8, 4) is 0 Å². The molecular weight excluding hydrogens is 140 g/mol. The molecule has 3 heteroatoms. The molecule has 2 N–H and O–H groups in total. The smallest absolute Gasteiger partial charge is 0.0704 e. The maximum Gasteiger partial charge on any atom is 0.0704 e. The van der Waals surface area contributed by atoms with Crippen molar-refractivity contribution in [2.45, 2.75) is 38.7 Å². The van der Waals surface area contributed by atoms with Crippen LogP contribution in [0.25, 0.3) is 0 Å². The zero-order chi connectivity index (χ0) is 8.32. The SMILES string of the molecule is CCC1(C)C/C(=N\N)CCO1. The number of hydrogen-bond donors (Lipinski definition) is 1. The maximum atomic E-state index is 5.61. The zero-order valence-electron chi connectivity index (χ0n) is 7.26. The summed E-state index contributed by atoms with van der Waals surface area (Å²) in [5, 5.41) is 3.73. The van der Waals surface area contributed by atoms with Crippen LogP contribution in [0.3, 0.4) is 0 Å². The molecule has 0 aliphatic carbocycles. The molecule has 0 amide bonds. The minimum absolute atomic E-state index is 0.0174. The fourth-order valence-corrected chi connectivity index (χ4v) is 1.32. The van der Waals surface area contributed by atoms with Crippen molar-refractivity contribution in [2.24, 2.45) is 10.9 Å². The van der Waals surface area contributed by atoms with Crippen molar-refractivity contribution in [1.29, 1.82) is 0 Å². The number of nitrogens with two attached hydrogens (primary N) is 1. The van der Waals surface area contributed by atoms with Gasteiger partial charge in [-0.2, -0.15) is 5.10 Å². The summed E-state index contributed by atoms with van der Waals surface area (Å²) in [5.74, 6) is 5.21. The molecule has 1 aliphatic heterocycles. The lowest BCUT2D eigenvalue weighted by molar-refractivity contribution is -0.0369. The van der Waals surface area contributed by atoms with Gasteiger partial charge >= 0.3 is 0 Å². The number of hydrazone groups is 1. The van der Waals surface area contributed by atoms with Crippen molar-refractivity contribution in [1.82, 2.24) is 0 Å². The monoisotopic (exact) mass is 156 g/mol. The Morgan fingerprint density at radius 2 is 2.45 bits per heavy atom. The highest BCUT2D eigenvalue weighted by atomic mass is 16.5. The Balaban J connectivity index is 2.59. The number of rotatable bonds is 1. The Hall–Kier alpha value is -0.570. The quantitative estimate of drug-likeness (QED) is 0.459. The summed E-state index contributed by atoms with van der Waals surface area (Å²) in [4.78, 5) is 0. The first kappa shape index (κ1) is 8.53. The molecule has 1 atom stereocenters. The lowest BCUT2D eigenvalue weighted by Crippen LogP contribution is -2.36. The first-order valence-corrected chi connectivity index (χ1v) is 4.10. The number of hydrogen-bond acceptors (Lipinski definition) is 3. The van der Waals surface area contributed by atoms with Crippen LogP contribution in [0.2, 0.25) is 0 Å². The normalized spacial score (nSPS) is 36.0. The van der Waals surface area contributed by atoms with Gasteiger partial charge < -0.3 is 10.6 Å². The van der Waals surface area contributed by atoms with Crippen LogP contribution in [0.5, 0.6) is 0 Å². The second kappa shape index (κ2) is 3.22. The molecular formula is C8H16N2O. The zero-order valence-corrected chi connectivity index (χ0v) is 7.26. The third-order valence-corrected chi connectivity index (χ3v) is 2.35. The second-order valence-electron chi connectivity index (χ2n) is 3.27. The van der Waals surface area contributed by atoms with Gasteiger partial charge in [-0.1, -0.05) is 6.92 Å². The predicted octanol–water partition coefficient (Wildman–Crippen LogP) is 1.28. The first-order valence-electron chi connectivity index (χ1n) is 4.10. The first-order chi connectivity index (χ1) is 5.20. The van der Waals surface area contributed by atoms with Gasteiger partial charge in [-0.05, 0) is 13.3 Å². The highest BCUT2D eigenvalue weighted by molar-refractivity contribution is 5.85. The molecule has 0 aromatic carbocycles. The summed E-state index contributed by atoms with van der Waals surface area (Å²) in [6.45, 7) is 5.00. The van der Waals surface area contributed by atoms with E-state index in [4.69, 9.17) is 10.6 Å². The van der Waals surface area contributed by atoms with E-state index < -0.39 is 0 Å². The van der Waals surface area contributed by atoms with Crippen molar-refractivity contribution in [3.05, 3.63) is 0 Å². The summed E-state index contributed by atoms with van der Waals surface area (Å²) in [5.41, 5.74) is 1.07. The fourth-order valence-electron chi connectivity index (χ4n) is 1.32.